The summed E-state index contributed by atoms with van der Waals surface area (Å²) in [7, 11) is 1.67. The Bertz CT molecular complexity index is 657. The average molecular weight is 303 g/mol. The summed E-state index contributed by atoms with van der Waals surface area (Å²) in [6.07, 6.45) is 2.16. The van der Waals surface area contributed by atoms with E-state index in [1.165, 1.54) is 11.1 Å². The number of nitrogen functional groups attached to an aromatic ring is 1. The number of nitrogens with two attached hydrogens (primary N) is 1. The normalized spacial score (nSPS) is 16.8. The van der Waals surface area contributed by atoms with Crippen LogP contribution < -0.4 is 15.8 Å². The zero-order valence-corrected chi connectivity index (χ0v) is 12.8. The van der Waals surface area contributed by atoms with Crippen molar-refractivity contribution < 1.29 is 4.74 Å². The number of benzene rings is 2. The molecule has 3 rings (SSSR count). The number of nitrogens with one attached hydrogen (secondary N) is 1. The van der Waals surface area contributed by atoms with Crippen LogP contribution in [0.3, 0.4) is 0 Å². The Kier molecular flexibility index (Phi) is 4.04. The van der Waals surface area contributed by atoms with Crippen molar-refractivity contribution in [2.45, 2.75) is 25.4 Å². The molecule has 0 heterocycles. The van der Waals surface area contributed by atoms with Crippen molar-refractivity contribution >= 4 is 17.3 Å². The van der Waals surface area contributed by atoms with Gasteiger partial charge < -0.3 is 15.8 Å². The lowest BCUT2D eigenvalue weighted by Gasteiger charge is -2.16. The number of hydrogen-bond acceptors (Lipinski definition) is 3. The molecule has 4 heteroatoms. The van der Waals surface area contributed by atoms with E-state index >= 15 is 0 Å². The van der Waals surface area contributed by atoms with Crippen molar-refractivity contribution in [3.8, 4) is 5.75 Å². The van der Waals surface area contributed by atoms with Crippen LogP contribution in [-0.4, -0.2) is 7.11 Å². The van der Waals surface area contributed by atoms with Gasteiger partial charge in [-0.05, 0) is 48.2 Å². The van der Waals surface area contributed by atoms with Crippen molar-refractivity contribution in [3.05, 3.63) is 58.1 Å². The van der Waals surface area contributed by atoms with Gasteiger partial charge in [-0.15, -0.1) is 0 Å². The van der Waals surface area contributed by atoms with E-state index in [-0.39, 0.29) is 0 Å². The second-order valence-corrected chi connectivity index (χ2v) is 5.76. The Balaban J connectivity index is 1.76. The summed E-state index contributed by atoms with van der Waals surface area (Å²) in [5, 5.41) is 4.32. The van der Waals surface area contributed by atoms with Crippen molar-refractivity contribution in [2.24, 2.45) is 0 Å². The smallest absolute Gasteiger partial charge is 0.124 e. The molecule has 0 fully saturated rings. The summed E-state index contributed by atoms with van der Waals surface area (Å²) in [6.45, 7) is 0.692. The van der Waals surface area contributed by atoms with Gasteiger partial charge in [0.15, 0.2) is 0 Å². The number of rotatable bonds is 4. The highest BCUT2D eigenvalue weighted by molar-refractivity contribution is 6.31. The molecular formula is C17H19ClN2O. The van der Waals surface area contributed by atoms with Gasteiger partial charge in [0.2, 0.25) is 0 Å². The van der Waals surface area contributed by atoms with Gasteiger partial charge in [0, 0.05) is 28.9 Å². The van der Waals surface area contributed by atoms with Crippen molar-refractivity contribution in [2.75, 3.05) is 12.8 Å². The van der Waals surface area contributed by atoms with E-state index in [0.717, 1.165) is 34.9 Å². The lowest BCUT2D eigenvalue weighted by molar-refractivity contribution is 0.405. The highest BCUT2D eigenvalue weighted by Crippen LogP contribution is 2.33. The van der Waals surface area contributed by atoms with E-state index < -0.39 is 0 Å². The fourth-order valence-corrected chi connectivity index (χ4v) is 3.21. The summed E-state index contributed by atoms with van der Waals surface area (Å²) in [4.78, 5) is 0. The summed E-state index contributed by atoms with van der Waals surface area (Å²) in [5.41, 5.74) is 10.4. The molecule has 1 unspecified atom stereocenters. The van der Waals surface area contributed by atoms with Gasteiger partial charge in [-0.3, -0.25) is 0 Å². The summed E-state index contributed by atoms with van der Waals surface area (Å²) >= 11 is 6.28. The largest absolute Gasteiger partial charge is 0.496 e. The molecule has 110 valence electrons. The molecule has 1 atom stereocenters. The van der Waals surface area contributed by atoms with Crippen LogP contribution in [0.25, 0.3) is 0 Å². The number of aryl methyl sites for hydroxylation is 1. The number of fused-ring (bicyclic) bond motifs is 1. The lowest BCUT2D eigenvalue weighted by atomic mass is 10.1. The molecule has 21 heavy (non-hydrogen) atoms. The minimum absolute atomic E-state index is 0.349. The molecular weight excluding hydrogens is 284 g/mol. The minimum atomic E-state index is 0.349. The van der Waals surface area contributed by atoms with E-state index in [9.17, 15) is 0 Å². The summed E-state index contributed by atoms with van der Waals surface area (Å²) in [6, 6.07) is 12.2. The van der Waals surface area contributed by atoms with Crippen LogP contribution in [0, 0.1) is 0 Å². The van der Waals surface area contributed by atoms with Gasteiger partial charge in [-0.1, -0.05) is 23.7 Å². The molecule has 2 aromatic rings. The molecule has 1 aliphatic rings. The maximum atomic E-state index is 6.28. The predicted octanol–water partition coefficient (Wildman–Crippen LogP) is 3.71. The second-order valence-electron chi connectivity index (χ2n) is 5.35. The number of ether oxygens (including phenoxy) is 1. The number of hydrogen-bond donors (Lipinski definition) is 2. The molecule has 0 amide bonds. The molecule has 3 nitrogen and oxygen atoms in total. The Labute approximate surface area is 130 Å². The zero-order chi connectivity index (χ0) is 14.8. The van der Waals surface area contributed by atoms with E-state index in [4.69, 9.17) is 22.1 Å². The zero-order valence-electron chi connectivity index (χ0n) is 12.0. The first kappa shape index (κ1) is 14.2. The Morgan fingerprint density at radius 3 is 3.00 bits per heavy atom. The van der Waals surface area contributed by atoms with Gasteiger partial charge in [0.05, 0.1) is 7.11 Å². The number of methoxy groups -OCH3 is 1. The fourth-order valence-electron chi connectivity index (χ4n) is 2.98. The van der Waals surface area contributed by atoms with Crippen LogP contribution in [0.4, 0.5) is 5.69 Å². The topological polar surface area (TPSA) is 47.3 Å². The van der Waals surface area contributed by atoms with E-state index in [2.05, 4.69) is 17.4 Å². The third-order valence-corrected chi connectivity index (χ3v) is 4.42. The van der Waals surface area contributed by atoms with E-state index in [1.807, 2.05) is 24.3 Å². The number of anilines is 1. The van der Waals surface area contributed by atoms with Crippen molar-refractivity contribution in [3.63, 3.8) is 0 Å². The highest BCUT2D eigenvalue weighted by Gasteiger charge is 2.22. The van der Waals surface area contributed by atoms with Gasteiger partial charge in [0.1, 0.15) is 5.75 Å². The Morgan fingerprint density at radius 2 is 2.19 bits per heavy atom. The minimum Gasteiger partial charge on any atom is -0.496 e. The average Bonchev–Trinajstić information content (AvgIpc) is 2.88. The maximum absolute atomic E-state index is 6.28. The predicted molar refractivity (Wildman–Crippen MR) is 86.8 cm³/mol. The maximum Gasteiger partial charge on any atom is 0.124 e. The fraction of sp³-hybridized carbons (Fsp3) is 0.294. The summed E-state index contributed by atoms with van der Waals surface area (Å²) < 4.78 is 5.39. The van der Waals surface area contributed by atoms with Crippen LogP contribution in [0.2, 0.25) is 5.02 Å². The third kappa shape index (κ3) is 2.85. The SMILES string of the molecule is COc1cccc(Cl)c1CNC1CCc2cc(N)ccc21. The standard InChI is InChI=1S/C17H19ClN2O/c1-21-17-4-2-3-15(18)14(17)10-20-16-8-5-11-9-12(19)6-7-13(11)16/h2-4,6-7,9,16,20H,5,8,10,19H2,1H3. The van der Waals surface area contributed by atoms with Crippen LogP contribution in [-0.2, 0) is 13.0 Å². The Hall–Kier alpha value is -1.71. The van der Waals surface area contributed by atoms with Gasteiger partial charge in [0.25, 0.3) is 0 Å². The molecule has 0 bridgehead atoms. The van der Waals surface area contributed by atoms with Crippen molar-refractivity contribution in [1.82, 2.24) is 5.32 Å². The molecule has 2 aromatic carbocycles. The molecule has 0 spiro atoms. The molecule has 3 N–H and O–H groups in total. The van der Waals surface area contributed by atoms with Gasteiger partial charge in [-0.25, -0.2) is 0 Å². The molecule has 0 saturated heterocycles. The van der Waals surface area contributed by atoms with E-state index in [0.29, 0.717) is 12.6 Å². The Morgan fingerprint density at radius 1 is 1.33 bits per heavy atom. The lowest BCUT2D eigenvalue weighted by Crippen LogP contribution is -2.19. The first-order valence-electron chi connectivity index (χ1n) is 7.12. The highest BCUT2D eigenvalue weighted by atomic mass is 35.5. The molecule has 1 aliphatic carbocycles. The monoisotopic (exact) mass is 302 g/mol. The second kappa shape index (κ2) is 5.96. The molecule has 0 saturated carbocycles. The van der Waals surface area contributed by atoms with E-state index in [1.54, 1.807) is 7.11 Å². The van der Waals surface area contributed by atoms with Crippen LogP contribution >= 0.6 is 11.6 Å². The molecule has 0 aliphatic heterocycles. The third-order valence-electron chi connectivity index (χ3n) is 4.07. The summed E-state index contributed by atoms with van der Waals surface area (Å²) in [5.74, 6) is 0.825. The quantitative estimate of drug-likeness (QED) is 0.847. The van der Waals surface area contributed by atoms with Gasteiger partial charge in [-0.2, -0.15) is 0 Å². The first-order valence-corrected chi connectivity index (χ1v) is 7.50. The first-order chi connectivity index (χ1) is 10.2. The van der Waals surface area contributed by atoms with Crippen LogP contribution in [0.15, 0.2) is 36.4 Å². The number of halogens is 1. The van der Waals surface area contributed by atoms with Gasteiger partial charge >= 0.3 is 0 Å². The molecule has 0 aromatic heterocycles. The van der Waals surface area contributed by atoms with Crippen LogP contribution in [0.5, 0.6) is 5.75 Å². The van der Waals surface area contributed by atoms with Crippen molar-refractivity contribution in [1.29, 1.82) is 0 Å². The molecule has 0 radical (unpaired) electrons. The van der Waals surface area contributed by atoms with Crippen LogP contribution in [0.1, 0.15) is 29.2 Å².